The summed E-state index contributed by atoms with van der Waals surface area (Å²) in [5, 5.41) is 6.76. The Morgan fingerprint density at radius 3 is 2.57 bits per heavy atom. The molecule has 7 heteroatoms. The molecule has 0 bridgehead atoms. The molecule has 0 radical (unpaired) electrons. The van der Waals surface area contributed by atoms with Crippen LogP contribution < -0.4 is 9.46 Å². The molecular weight excluding hydrogens is 290 g/mol. The first-order chi connectivity index (χ1) is 10.0. The molecule has 6 nitrogen and oxygen atoms in total. The van der Waals surface area contributed by atoms with E-state index in [1.54, 1.807) is 18.2 Å². The first kappa shape index (κ1) is 15.4. The Kier molecular flexibility index (Phi) is 4.85. The molecule has 0 unspecified atom stereocenters. The fraction of sp³-hybridized carbons (Fsp3) is 0.357. The third-order valence-electron chi connectivity index (χ3n) is 2.83. The molecule has 0 aliphatic rings. The number of hydrogen-bond acceptors (Lipinski definition) is 4. The molecule has 0 fully saturated rings. The minimum absolute atomic E-state index is 0.172. The number of rotatable bonds is 7. The summed E-state index contributed by atoms with van der Waals surface area (Å²) in [6.07, 6.45) is 1.80. The van der Waals surface area contributed by atoms with Gasteiger partial charge in [0.1, 0.15) is 5.75 Å². The zero-order chi connectivity index (χ0) is 15.3. The summed E-state index contributed by atoms with van der Waals surface area (Å²) in [4.78, 5) is 0.172. The van der Waals surface area contributed by atoms with Crippen LogP contribution in [-0.2, 0) is 16.4 Å². The Balaban J connectivity index is 2.13. The molecule has 0 saturated carbocycles. The van der Waals surface area contributed by atoms with E-state index in [9.17, 15) is 8.42 Å². The van der Waals surface area contributed by atoms with Crippen LogP contribution in [0.1, 0.15) is 26.0 Å². The van der Waals surface area contributed by atoms with Gasteiger partial charge in [0, 0.05) is 11.8 Å². The van der Waals surface area contributed by atoms with Crippen LogP contribution in [-0.4, -0.2) is 25.2 Å². The van der Waals surface area contributed by atoms with Crippen molar-refractivity contribution in [3.8, 4) is 5.75 Å². The second kappa shape index (κ2) is 6.62. The number of anilines is 1. The zero-order valence-corrected chi connectivity index (χ0v) is 12.9. The minimum atomic E-state index is -3.63. The van der Waals surface area contributed by atoms with Crippen molar-refractivity contribution in [3.63, 3.8) is 0 Å². The lowest BCUT2D eigenvalue weighted by molar-refractivity contribution is 0.340. The van der Waals surface area contributed by atoms with Crippen LogP contribution in [0.25, 0.3) is 0 Å². The molecule has 2 aromatic rings. The van der Waals surface area contributed by atoms with Crippen LogP contribution in [0.5, 0.6) is 5.75 Å². The summed E-state index contributed by atoms with van der Waals surface area (Å²) in [5.74, 6) is 0.939. The standard InChI is InChI=1S/C14H19N3O3S/c1-3-5-11-10-14(16-15-11)17-21(18,19)13-8-6-12(7-9-13)20-4-2/h6-10H,3-5H2,1-2H3,(H2,15,16,17). The highest BCUT2D eigenvalue weighted by Gasteiger charge is 2.15. The van der Waals surface area contributed by atoms with Gasteiger partial charge in [0.25, 0.3) is 10.0 Å². The number of hydrogen-bond donors (Lipinski definition) is 2. The topological polar surface area (TPSA) is 84.1 Å². The highest BCUT2D eigenvalue weighted by molar-refractivity contribution is 7.92. The lowest BCUT2D eigenvalue weighted by Crippen LogP contribution is -2.13. The summed E-state index contributed by atoms with van der Waals surface area (Å²) in [6.45, 7) is 4.46. The molecule has 0 aliphatic heterocycles. The second-order valence-electron chi connectivity index (χ2n) is 4.54. The molecular formula is C14H19N3O3S. The van der Waals surface area contributed by atoms with Gasteiger partial charge < -0.3 is 4.74 Å². The van der Waals surface area contributed by atoms with E-state index in [-0.39, 0.29) is 4.90 Å². The van der Waals surface area contributed by atoms with Gasteiger partial charge in [-0.15, -0.1) is 0 Å². The molecule has 2 rings (SSSR count). The number of aromatic amines is 1. The number of ether oxygens (including phenoxy) is 1. The molecule has 0 aliphatic carbocycles. The predicted octanol–water partition coefficient (Wildman–Crippen LogP) is 2.56. The third-order valence-corrected chi connectivity index (χ3v) is 4.20. The normalized spacial score (nSPS) is 11.3. The van der Waals surface area contributed by atoms with Crippen LogP contribution in [0.15, 0.2) is 35.2 Å². The Morgan fingerprint density at radius 1 is 1.24 bits per heavy atom. The number of benzene rings is 1. The van der Waals surface area contributed by atoms with Crippen molar-refractivity contribution in [1.82, 2.24) is 10.2 Å². The Morgan fingerprint density at radius 2 is 1.95 bits per heavy atom. The van der Waals surface area contributed by atoms with Crippen molar-refractivity contribution in [2.45, 2.75) is 31.6 Å². The summed E-state index contributed by atoms with van der Waals surface area (Å²) < 4.78 is 32.2. The van der Waals surface area contributed by atoms with Crippen LogP contribution in [0, 0.1) is 0 Å². The van der Waals surface area contributed by atoms with Gasteiger partial charge in [-0.05, 0) is 37.6 Å². The van der Waals surface area contributed by atoms with E-state index < -0.39 is 10.0 Å². The first-order valence-corrected chi connectivity index (χ1v) is 8.33. The Labute approximate surface area is 124 Å². The van der Waals surface area contributed by atoms with E-state index in [2.05, 4.69) is 14.9 Å². The van der Waals surface area contributed by atoms with E-state index in [0.717, 1.165) is 18.5 Å². The van der Waals surface area contributed by atoms with Gasteiger partial charge in [0.05, 0.1) is 11.5 Å². The van der Waals surface area contributed by atoms with Crippen molar-refractivity contribution in [1.29, 1.82) is 0 Å². The fourth-order valence-electron chi connectivity index (χ4n) is 1.89. The molecule has 114 valence electrons. The van der Waals surface area contributed by atoms with Crippen molar-refractivity contribution in [2.75, 3.05) is 11.3 Å². The van der Waals surface area contributed by atoms with Crippen LogP contribution in [0.4, 0.5) is 5.82 Å². The number of nitrogens with one attached hydrogen (secondary N) is 2. The average Bonchev–Trinajstić information content (AvgIpc) is 2.87. The number of aromatic nitrogens is 2. The van der Waals surface area contributed by atoms with Gasteiger partial charge in [0.15, 0.2) is 5.82 Å². The molecule has 1 aromatic carbocycles. The van der Waals surface area contributed by atoms with E-state index in [1.165, 1.54) is 12.1 Å². The van der Waals surface area contributed by atoms with E-state index >= 15 is 0 Å². The van der Waals surface area contributed by atoms with Gasteiger partial charge in [0.2, 0.25) is 0 Å². The highest BCUT2D eigenvalue weighted by Crippen LogP contribution is 2.19. The SMILES string of the molecule is CCCc1cc(NS(=O)(=O)c2ccc(OCC)cc2)n[nH]1. The average molecular weight is 309 g/mol. The number of aryl methyl sites for hydroxylation is 1. The molecule has 2 N–H and O–H groups in total. The molecule has 0 saturated heterocycles. The van der Waals surface area contributed by atoms with Gasteiger partial charge >= 0.3 is 0 Å². The summed E-state index contributed by atoms with van der Waals surface area (Å²) in [6, 6.07) is 7.98. The zero-order valence-electron chi connectivity index (χ0n) is 12.1. The van der Waals surface area contributed by atoms with Crippen LogP contribution >= 0.6 is 0 Å². The Bertz CT molecular complexity index is 678. The molecule has 1 heterocycles. The van der Waals surface area contributed by atoms with E-state index in [4.69, 9.17) is 4.74 Å². The molecule has 0 atom stereocenters. The first-order valence-electron chi connectivity index (χ1n) is 6.85. The highest BCUT2D eigenvalue weighted by atomic mass is 32.2. The molecule has 0 amide bonds. The Hall–Kier alpha value is -2.02. The largest absolute Gasteiger partial charge is 0.494 e. The van der Waals surface area contributed by atoms with Crippen molar-refractivity contribution in [2.24, 2.45) is 0 Å². The number of nitrogens with zero attached hydrogens (tertiary/aromatic N) is 1. The van der Waals surface area contributed by atoms with Gasteiger partial charge in [-0.25, -0.2) is 8.42 Å². The maximum atomic E-state index is 12.2. The van der Waals surface area contributed by atoms with Crippen molar-refractivity contribution >= 4 is 15.8 Å². The van der Waals surface area contributed by atoms with E-state index in [1.807, 2.05) is 13.8 Å². The molecule has 0 spiro atoms. The maximum Gasteiger partial charge on any atom is 0.263 e. The molecule has 1 aromatic heterocycles. The third kappa shape index (κ3) is 3.98. The van der Waals surface area contributed by atoms with Crippen LogP contribution in [0.2, 0.25) is 0 Å². The molecule has 21 heavy (non-hydrogen) atoms. The predicted molar refractivity (Wildman–Crippen MR) is 81.0 cm³/mol. The summed E-state index contributed by atoms with van der Waals surface area (Å²) in [5.41, 5.74) is 0.905. The number of H-pyrrole nitrogens is 1. The van der Waals surface area contributed by atoms with Crippen molar-refractivity contribution < 1.29 is 13.2 Å². The smallest absolute Gasteiger partial charge is 0.263 e. The minimum Gasteiger partial charge on any atom is -0.494 e. The van der Waals surface area contributed by atoms with Crippen LogP contribution in [0.3, 0.4) is 0 Å². The van der Waals surface area contributed by atoms with Gasteiger partial charge in [-0.1, -0.05) is 13.3 Å². The number of sulfonamides is 1. The quantitative estimate of drug-likeness (QED) is 0.823. The monoisotopic (exact) mass is 309 g/mol. The lowest BCUT2D eigenvalue weighted by atomic mass is 10.2. The van der Waals surface area contributed by atoms with E-state index in [0.29, 0.717) is 18.2 Å². The van der Waals surface area contributed by atoms with Crippen molar-refractivity contribution in [3.05, 3.63) is 36.0 Å². The fourth-order valence-corrected chi connectivity index (χ4v) is 2.88. The second-order valence-corrected chi connectivity index (χ2v) is 6.22. The lowest BCUT2D eigenvalue weighted by Gasteiger charge is -2.07. The summed E-state index contributed by atoms with van der Waals surface area (Å²) in [7, 11) is -3.63. The summed E-state index contributed by atoms with van der Waals surface area (Å²) >= 11 is 0. The van der Waals surface area contributed by atoms with Gasteiger partial charge in [-0.2, -0.15) is 5.10 Å². The maximum absolute atomic E-state index is 12.2. The van der Waals surface area contributed by atoms with Gasteiger partial charge in [-0.3, -0.25) is 9.82 Å².